The van der Waals surface area contributed by atoms with Gasteiger partial charge in [-0.05, 0) is 32.4 Å². The van der Waals surface area contributed by atoms with Crippen molar-refractivity contribution in [3.05, 3.63) is 0 Å². The molecule has 2 heterocycles. The highest BCUT2D eigenvalue weighted by atomic mass is 16.2. The van der Waals surface area contributed by atoms with Crippen LogP contribution in [-0.2, 0) is 4.79 Å². The topological polar surface area (TPSA) is 61.9 Å². The molecular weight excluding hydrogens is 228 g/mol. The van der Waals surface area contributed by atoms with Gasteiger partial charge in [0.1, 0.15) is 6.04 Å². The summed E-state index contributed by atoms with van der Waals surface area (Å²) in [5.74, 6) is 0.775. The number of nitrogens with zero attached hydrogens (tertiary/aromatic N) is 3. The first-order valence-electron chi connectivity index (χ1n) is 6.96. The van der Waals surface area contributed by atoms with Crippen LogP contribution < -0.4 is 5.73 Å². The number of carbonyl (C=O) groups excluding carboxylic acids is 1. The lowest BCUT2D eigenvalue weighted by Crippen LogP contribution is -2.44. The molecule has 0 aromatic heterocycles. The van der Waals surface area contributed by atoms with E-state index in [1.807, 2.05) is 0 Å². The molecule has 102 valence electrons. The Balaban J connectivity index is 1.95. The molecule has 1 fully saturated rings. The van der Waals surface area contributed by atoms with Gasteiger partial charge >= 0.3 is 0 Å². The van der Waals surface area contributed by atoms with E-state index in [0.29, 0.717) is 11.9 Å². The van der Waals surface area contributed by atoms with Crippen LogP contribution in [0.1, 0.15) is 32.6 Å². The summed E-state index contributed by atoms with van der Waals surface area (Å²) in [5.41, 5.74) is 5.72. The highest BCUT2D eigenvalue weighted by Crippen LogP contribution is 2.25. The average Bonchev–Trinajstić information content (AvgIpc) is 2.64. The Kier molecular flexibility index (Phi) is 4.22. The minimum Gasteiger partial charge on any atom is -0.369 e. The predicted octanol–water partition coefficient (Wildman–Crippen LogP) is 0.654. The van der Waals surface area contributed by atoms with E-state index in [-0.39, 0.29) is 11.9 Å². The molecule has 1 unspecified atom stereocenters. The molecule has 0 aromatic carbocycles. The minimum atomic E-state index is -0.237. The zero-order chi connectivity index (χ0) is 13.1. The molecule has 5 nitrogen and oxygen atoms in total. The Labute approximate surface area is 109 Å². The SMILES string of the molecule is CCCCN1CCCC([C@H]2N=C(N)N(C)C2=O)C1. The van der Waals surface area contributed by atoms with E-state index in [1.54, 1.807) is 7.05 Å². The minimum absolute atomic E-state index is 0.0647. The normalized spacial score (nSPS) is 29.8. The Hall–Kier alpha value is -1.10. The van der Waals surface area contributed by atoms with Crippen LogP contribution >= 0.6 is 0 Å². The molecule has 5 heteroatoms. The Morgan fingerprint density at radius 2 is 2.28 bits per heavy atom. The second kappa shape index (κ2) is 5.69. The fourth-order valence-electron chi connectivity index (χ4n) is 2.84. The van der Waals surface area contributed by atoms with Crippen molar-refractivity contribution in [1.29, 1.82) is 0 Å². The van der Waals surface area contributed by atoms with Crippen molar-refractivity contribution >= 4 is 11.9 Å². The summed E-state index contributed by atoms with van der Waals surface area (Å²) >= 11 is 0. The number of carbonyl (C=O) groups is 1. The van der Waals surface area contributed by atoms with Crippen LogP contribution in [0.2, 0.25) is 0 Å². The first-order valence-corrected chi connectivity index (χ1v) is 6.96. The van der Waals surface area contributed by atoms with Gasteiger partial charge in [0.15, 0.2) is 5.96 Å². The third-order valence-electron chi connectivity index (χ3n) is 4.01. The summed E-state index contributed by atoms with van der Waals surface area (Å²) in [7, 11) is 1.71. The number of rotatable bonds is 4. The molecule has 2 atom stereocenters. The molecule has 0 spiro atoms. The zero-order valence-electron chi connectivity index (χ0n) is 11.4. The number of piperidine rings is 1. The van der Waals surface area contributed by atoms with Gasteiger partial charge in [-0.1, -0.05) is 13.3 Å². The van der Waals surface area contributed by atoms with E-state index >= 15 is 0 Å². The number of amides is 1. The van der Waals surface area contributed by atoms with Crippen molar-refractivity contribution in [1.82, 2.24) is 9.80 Å². The smallest absolute Gasteiger partial charge is 0.254 e. The van der Waals surface area contributed by atoms with Crippen molar-refractivity contribution in [2.75, 3.05) is 26.7 Å². The van der Waals surface area contributed by atoms with Crippen LogP contribution in [0.4, 0.5) is 0 Å². The molecule has 0 aromatic rings. The molecule has 2 aliphatic heterocycles. The van der Waals surface area contributed by atoms with Crippen LogP contribution in [0.5, 0.6) is 0 Å². The fourth-order valence-corrected chi connectivity index (χ4v) is 2.84. The van der Waals surface area contributed by atoms with E-state index in [1.165, 1.54) is 17.7 Å². The third-order valence-corrected chi connectivity index (χ3v) is 4.01. The van der Waals surface area contributed by atoms with E-state index in [0.717, 1.165) is 32.5 Å². The van der Waals surface area contributed by atoms with Crippen molar-refractivity contribution in [2.45, 2.75) is 38.6 Å². The van der Waals surface area contributed by atoms with Crippen molar-refractivity contribution in [3.8, 4) is 0 Å². The van der Waals surface area contributed by atoms with Crippen molar-refractivity contribution in [3.63, 3.8) is 0 Å². The van der Waals surface area contributed by atoms with Crippen LogP contribution in [-0.4, -0.2) is 54.4 Å². The highest BCUT2D eigenvalue weighted by molar-refractivity contribution is 6.04. The molecule has 0 bridgehead atoms. The van der Waals surface area contributed by atoms with Gasteiger partial charge in [0.2, 0.25) is 0 Å². The van der Waals surface area contributed by atoms with Gasteiger partial charge < -0.3 is 10.6 Å². The van der Waals surface area contributed by atoms with Crippen LogP contribution in [0.15, 0.2) is 4.99 Å². The summed E-state index contributed by atoms with van der Waals surface area (Å²) in [6.07, 6.45) is 4.70. The predicted molar refractivity (Wildman–Crippen MR) is 72.3 cm³/mol. The summed E-state index contributed by atoms with van der Waals surface area (Å²) < 4.78 is 0. The lowest BCUT2D eigenvalue weighted by Gasteiger charge is -2.34. The Morgan fingerprint density at radius 3 is 2.89 bits per heavy atom. The second-order valence-electron chi connectivity index (χ2n) is 5.39. The maximum Gasteiger partial charge on any atom is 0.254 e. The number of guanidine groups is 1. The first kappa shape index (κ1) is 13.3. The summed E-state index contributed by atoms with van der Waals surface area (Å²) in [6, 6.07) is -0.237. The zero-order valence-corrected chi connectivity index (χ0v) is 11.4. The molecular formula is C13H24N4O. The van der Waals surface area contributed by atoms with Gasteiger partial charge in [-0.3, -0.25) is 9.69 Å². The molecule has 0 aliphatic carbocycles. The van der Waals surface area contributed by atoms with Crippen LogP contribution in [0, 0.1) is 5.92 Å². The van der Waals surface area contributed by atoms with Gasteiger partial charge in [-0.15, -0.1) is 0 Å². The number of nitrogens with two attached hydrogens (primary N) is 1. The van der Waals surface area contributed by atoms with Gasteiger partial charge in [0.05, 0.1) is 0 Å². The number of likely N-dealkylation sites (tertiary alicyclic amines) is 1. The van der Waals surface area contributed by atoms with E-state index in [4.69, 9.17) is 5.73 Å². The fraction of sp³-hybridized carbons (Fsp3) is 0.846. The van der Waals surface area contributed by atoms with E-state index < -0.39 is 0 Å². The Morgan fingerprint density at radius 1 is 1.50 bits per heavy atom. The van der Waals surface area contributed by atoms with E-state index in [2.05, 4.69) is 16.8 Å². The molecule has 1 saturated heterocycles. The molecule has 0 saturated carbocycles. The van der Waals surface area contributed by atoms with Crippen molar-refractivity contribution in [2.24, 2.45) is 16.6 Å². The third kappa shape index (κ3) is 2.66. The molecule has 0 radical (unpaired) electrons. The molecule has 18 heavy (non-hydrogen) atoms. The van der Waals surface area contributed by atoms with E-state index in [9.17, 15) is 4.79 Å². The Bertz CT molecular complexity index is 342. The lowest BCUT2D eigenvalue weighted by molar-refractivity contribution is -0.128. The molecule has 2 aliphatic rings. The molecule has 1 amide bonds. The number of hydrogen-bond donors (Lipinski definition) is 1. The summed E-state index contributed by atoms with van der Waals surface area (Å²) in [4.78, 5) is 20.3. The summed E-state index contributed by atoms with van der Waals surface area (Å²) in [6.45, 7) is 5.50. The monoisotopic (exact) mass is 252 g/mol. The van der Waals surface area contributed by atoms with Gasteiger partial charge in [-0.25, -0.2) is 4.99 Å². The van der Waals surface area contributed by atoms with Gasteiger partial charge in [-0.2, -0.15) is 0 Å². The average molecular weight is 252 g/mol. The van der Waals surface area contributed by atoms with Crippen LogP contribution in [0.25, 0.3) is 0 Å². The maximum absolute atomic E-state index is 12.0. The maximum atomic E-state index is 12.0. The lowest BCUT2D eigenvalue weighted by atomic mass is 9.90. The van der Waals surface area contributed by atoms with Crippen molar-refractivity contribution < 1.29 is 4.79 Å². The second-order valence-corrected chi connectivity index (χ2v) is 5.39. The number of aliphatic imine (C=N–C) groups is 1. The quantitative estimate of drug-likeness (QED) is 0.799. The molecule has 2 rings (SSSR count). The largest absolute Gasteiger partial charge is 0.369 e. The molecule has 2 N–H and O–H groups in total. The number of unbranched alkanes of at least 4 members (excludes halogenated alkanes) is 1. The number of hydrogen-bond acceptors (Lipinski definition) is 4. The summed E-state index contributed by atoms with van der Waals surface area (Å²) in [5, 5.41) is 0. The standard InChI is InChI=1S/C13H24N4O/c1-3-4-7-17-8-5-6-10(9-17)11-12(18)16(2)13(14)15-11/h10-11H,3-9H2,1-2H3,(H2,14,15)/t10?,11-/m1/s1. The van der Waals surface area contributed by atoms with Crippen LogP contribution in [0.3, 0.4) is 0 Å². The van der Waals surface area contributed by atoms with Gasteiger partial charge in [0, 0.05) is 19.5 Å². The first-order chi connectivity index (χ1) is 8.63. The number of likely N-dealkylation sites (N-methyl/N-ethyl adjacent to an activating group) is 1. The van der Waals surface area contributed by atoms with Gasteiger partial charge in [0.25, 0.3) is 5.91 Å². The highest BCUT2D eigenvalue weighted by Gasteiger charge is 2.38.